The Kier molecular flexibility index (Phi) is 5.59. The van der Waals surface area contributed by atoms with E-state index in [1.165, 1.54) is 0 Å². The largest absolute Gasteiger partial charge is 0.340 e. The van der Waals surface area contributed by atoms with Crippen molar-refractivity contribution < 1.29 is 9.59 Å². The van der Waals surface area contributed by atoms with Crippen molar-refractivity contribution >= 4 is 11.8 Å². The molecule has 1 heterocycles. The monoisotopic (exact) mass is 378 g/mol. The summed E-state index contributed by atoms with van der Waals surface area (Å²) in [6, 6.07) is 17.1. The molecule has 1 aliphatic heterocycles. The van der Waals surface area contributed by atoms with Crippen LogP contribution in [0, 0.1) is 18.3 Å². The lowest BCUT2D eigenvalue weighted by molar-refractivity contribution is -0.155. The minimum Gasteiger partial charge on any atom is -0.340 e. The molecule has 1 fully saturated rings. The molecule has 0 bridgehead atoms. The molecule has 1 saturated heterocycles. The van der Waals surface area contributed by atoms with Gasteiger partial charge in [-0.15, -0.1) is 0 Å². The molecule has 0 spiro atoms. The first-order chi connectivity index (χ1) is 13.2. The average Bonchev–Trinajstić information content (AvgIpc) is 2.64. The first-order valence-corrected chi connectivity index (χ1v) is 9.94. The molecule has 1 N–H and O–H groups in total. The summed E-state index contributed by atoms with van der Waals surface area (Å²) >= 11 is 0. The second-order valence-corrected chi connectivity index (χ2v) is 8.78. The standard InChI is InChI=1S/C24H30N2O2/c1-16(2)20(25-22(27)19-14-10-9-11-17(19)3)23(28)26-15-24(4,5)21(26)18-12-7-6-8-13-18/h6-14,16,20-21H,15H2,1-5H3,(H,25,27)/t20-,21+/m1/s1. The maximum absolute atomic E-state index is 13.4. The first-order valence-electron chi connectivity index (χ1n) is 9.94. The summed E-state index contributed by atoms with van der Waals surface area (Å²) in [7, 11) is 0. The number of carbonyl (C=O) groups excluding carboxylic acids is 2. The number of nitrogens with zero attached hydrogens (tertiary/aromatic N) is 1. The Bertz CT molecular complexity index is 858. The summed E-state index contributed by atoms with van der Waals surface area (Å²) in [5, 5.41) is 2.99. The highest BCUT2D eigenvalue weighted by atomic mass is 16.2. The zero-order valence-electron chi connectivity index (χ0n) is 17.4. The van der Waals surface area contributed by atoms with E-state index in [4.69, 9.17) is 0 Å². The third-order valence-electron chi connectivity index (χ3n) is 5.64. The van der Waals surface area contributed by atoms with Gasteiger partial charge in [0.25, 0.3) is 5.91 Å². The highest BCUT2D eigenvalue weighted by Crippen LogP contribution is 2.48. The van der Waals surface area contributed by atoms with E-state index in [1.807, 2.05) is 62.1 Å². The average molecular weight is 379 g/mol. The van der Waals surface area contributed by atoms with Crippen LogP contribution >= 0.6 is 0 Å². The van der Waals surface area contributed by atoms with Gasteiger partial charge < -0.3 is 10.2 Å². The summed E-state index contributed by atoms with van der Waals surface area (Å²) in [5.41, 5.74) is 2.67. The minimum absolute atomic E-state index is 0.000559. The number of hydrogen-bond acceptors (Lipinski definition) is 2. The normalized spacial score (nSPS) is 19.1. The molecular weight excluding hydrogens is 348 g/mol. The Morgan fingerprint density at radius 1 is 1.04 bits per heavy atom. The van der Waals surface area contributed by atoms with Gasteiger partial charge in [-0.25, -0.2) is 0 Å². The number of carbonyl (C=O) groups is 2. The molecule has 28 heavy (non-hydrogen) atoms. The summed E-state index contributed by atoms with van der Waals surface area (Å²) < 4.78 is 0. The molecule has 0 unspecified atom stereocenters. The van der Waals surface area contributed by atoms with E-state index in [1.54, 1.807) is 6.07 Å². The van der Waals surface area contributed by atoms with Crippen LogP contribution in [0.4, 0.5) is 0 Å². The fraction of sp³-hybridized carbons (Fsp3) is 0.417. The number of benzene rings is 2. The van der Waals surface area contributed by atoms with Crippen molar-refractivity contribution in [1.82, 2.24) is 10.2 Å². The van der Waals surface area contributed by atoms with E-state index in [0.717, 1.165) is 11.1 Å². The van der Waals surface area contributed by atoms with E-state index in [-0.39, 0.29) is 29.2 Å². The fourth-order valence-corrected chi connectivity index (χ4v) is 4.14. The predicted octanol–water partition coefficient (Wildman–Crippen LogP) is 4.36. The number of aryl methyl sites for hydroxylation is 1. The molecule has 2 aromatic rings. The van der Waals surface area contributed by atoms with E-state index >= 15 is 0 Å². The molecule has 3 rings (SSSR count). The molecule has 0 saturated carbocycles. The topological polar surface area (TPSA) is 49.4 Å². The van der Waals surface area contributed by atoms with Crippen LogP contribution in [-0.4, -0.2) is 29.3 Å². The zero-order valence-corrected chi connectivity index (χ0v) is 17.4. The molecule has 148 valence electrons. The molecule has 0 aliphatic carbocycles. The highest BCUT2D eigenvalue weighted by molar-refractivity contribution is 5.98. The zero-order chi connectivity index (χ0) is 20.5. The maximum Gasteiger partial charge on any atom is 0.252 e. The van der Waals surface area contributed by atoms with Gasteiger partial charge in [0.05, 0.1) is 6.04 Å². The lowest BCUT2D eigenvalue weighted by Gasteiger charge is -2.55. The lowest BCUT2D eigenvalue weighted by atomic mass is 9.71. The van der Waals surface area contributed by atoms with Gasteiger partial charge in [-0.3, -0.25) is 9.59 Å². The Balaban J connectivity index is 1.82. The second-order valence-electron chi connectivity index (χ2n) is 8.78. The van der Waals surface area contributed by atoms with Gasteiger partial charge in [-0.05, 0) is 30.0 Å². The number of rotatable bonds is 5. The summed E-state index contributed by atoms with van der Waals surface area (Å²) in [5.74, 6) is -0.202. The molecule has 4 nitrogen and oxygen atoms in total. The van der Waals surface area contributed by atoms with Gasteiger partial charge in [-0.2, -0.15) is 0 Å². The van der Waals surface area contributed by atoms with Crippen molar-refractivity contribution in [2.45, 2.75) is 46.7 Å². The Hall–Kier alpha value is -2.62. The lowest BCUT2D eigenvalue weighted by Crippen LogP contribution is -2.63. The van der Waals surface area contributed by atoms with Gasteiger partial charge >= 0.3 is 0 Å². The van der Waals surface area contributed by atoms with Crippen molar-refractivity contribution in [1.29, 1.82) is 0 Å². The van der Waals surface area contributed by atoms with Crippen LogP contribution in [0.3, 0.4) is 0 Å². The van der Waals surface area contributed by atoms with Crippen LogP contribution in [0.5, 0.6) is 0 Å². The van der Waals surface area contributed by atoms with Crippen molar-refractivity contribution in [2.75, 3.05) is 6.54 Å². The Morgan fingerprint density at radius 2 is 1.64 bits per heavy atom. The van der Waals surface area contributed by atoms with E-state index in [0.29, 0.717) is 12.1 Å². The van der Waals surface area contributed by atoms with Crippen LogP contribution in [0.15, 0.2) is 54.6 Å². The molecule has 2 atom stereocenters. The molecule has 2 aromatic carbocycles. The highest BCUT2D eigenvalue weighted by Gasteiger charge is 2.50. The predicted molar refractivity (Wildman–Crippen MR) is 112 cm³/mol. The Morgan fingerprint density at radius 3 is 2.21 bits per heavy atom. The quantitative estimate of drug-likeness (QED) is 0.840. The van der Waals surface area contributed by atoms with Crippen LogP contribution < -0.4 is 5.32 Å². The summed E-state index contributed by atoms with van der Waals surface area (Å²) in [4.78, 5) is 28.1. The van der Waals surface area contributed by atoms with Gasteiger partial charge in [-0.1, -0.05) is 76.2 Å². The van der Waals surface area contributed by atoms with Crippen molar-refractivity contribution in [3.63, 3.8) is 0 Å². The van der Waals surface area contributed by atoms with Crippen LogP contribution in [0.25, 0.3) is 0 Å². The first kappa shape index (κ1) is 20.1. The number of amides is 2. The second kappa shape index (κ2) is 7.78. The van der Waals surface area contributed by atoms with Crippen LogP contribution in [-0.2, 0) is 4.79 Å². The molecule has 4 heteroatoms. The molecule has 0 aromatic heterocycles. The molecule has 1 aliphatic rings. The number of hydrogen-bond donors (Lipinski definition) is 1. The number of nitrogens with one attached hydrogen (secondary N) is 1. The van der Waals surface area contributed by atoms with Gasteiger partial charge in [0, 0.05) is 17.5 Å². The number of likely N-dealkylation sites (tertiary alicyclic amines) is 1. The minimum atomic E-state index is -0.547. The smallest absolute Gasteiger partial charge is 0.252 e. The van der Waals surface area contributed by atoms with E-state index < -0.39 is 6.04 Å². The molecule has 0 radical (unpaired) electrons. The third kappa shape index (κ3) is 3.82. The fourth-order valence-electron chi connectivity index (χ4n) is 4.14. The van der Waals surface area contributed by atoms with Crippen molar-refractivity contribution in [3.05, 3.63) is 71.3 Å². The van der Waals surface area contributed by atoms with Gasteiger partial charge in [0.15, 0.2) is 0 Å². The van der Waals surface area contributed by atoms with Crippen LogP contribution in [0.1, 0.15) is 55.2 Å². The van der Waals surface area contributed by atoms with Gasteiger partial charge in [0.2, 0.25) is 5.91 Å². The van der Waals surface area contributed by atoms with Crippen molar-refractivity contribution in [3.8, 4) is 0 Å². The van der Waals surface area contributed by atoms with Crippen molar-refractivity contribution in [2.24, 2.45) is 11.3 Å². The maximum atomic E-state index is 13.4. The summed E-state index contributed by atoms with van der Waals surface area (Å²) in [6.07, 6.45) is 0. The van der Waals surface area contributed by atoms with Crippen LogP contribution in [0.2, 0.25) is 0 Å². The molecule has 2 amide bonds. The van der Waals surface area contributed by atoms with E-state index in [9.17, 15) is 9.59 Å². The third-order valence-corrected chi connectivity index (χ3v) is 5.64. The van der Waals surface area contributed by atoms with E-state index in [2.05, 4.69) is 31.3 Å². The molecular formula is C24H30N2O2. The summed E-state index contributed by atoms with van der Waals surface area (Å²) in [6.45, 7) is 10.9. The van der Waals surface area contributed by atoms with Gasteiger partial charge in [0.1, 0.15) is 6.04 Å². The SMILES string of the molecule is Cc1ccccc1C(=O)N[C@@H](C(=O)N1CC(C)(C)[C@@H]1c1ccccc1)C(C)C. The Labute approximate surface area is 167 Å².